The van der Waals surface area contributed by atoms with E-state index in [9.17, 15) is 5.48 Å². The van der Waals surface area contributed by atoms with Gasteiger partial charge in [0.25, 0.3) is 0 Å². The molecule has 9 aromatic carbocycles. The van der Waals surface area contributed by atoms with Gasteiger partial charge in [0.1, 0.15) is 24.0 Å². The van der Waals surface area contributed by atoms with Crippen molar-refractivity contribution in [3.05, 3.63) is 229 Å². The van der Waals surface area contributed by atoms with Crippen LogP contribution in [-0.2, 0) is 12.1 Å². The van der Waals surface area contributed by atoms with Crippen molar-refractivity contribution in [2.75, 3.05) is 4.90 Å². The third-order valence-corrected chi connectivity index (χ3v) is 13.7. The minimum Gasteiger partial charge on any atom is -0.457 e. The van der Waals surface area contributed by atoms with E-state index in [4.69, 9.17) is 24.8 Å². The van der Waals surface area contributed by atoms with Crippen LogP contribution in [0.2, 0.25) is 0 Å². The normalized spacial score (nSPS) is 15.9. The largest absolute Gasteiger partial charge is 0.457 e. The SMILES string of the molecule is [2H]c1c([2H])c([2H])c(-c2cccc3c4c([2H])c([2H])c([2H])c([2H])c4c4ccccc4c4c(-c5c(C([2H])([2H])[2H])cccc5C([2H])([2H])[2H])ccc5c4n(c23)CN5c2cccc(Oc3ccc4c5ccccc5n(-c5cc(C(C)(C)C)ccn5)c4c3)c2)c([2H])c1[2H]. The second kappa shape index (κ2) is 16.5. The molecule has 12 aromatic rings. The van der Waals surface area contributed by atoms with Crippen molar-refractivity contribution in [3.63, 3.8) is 0 Å². The van der Waals surface area contributed by atoms with Crippen molar-refractivity contribution in [1.82, 2.24) is 14.1 Å². The number of hydrogen-bond acceptors (Lipinski definition) is 3. The topological polar surface area (TPSA) is 35.2 Å². The summed E-state index contributed by atoms with van der Waals surface area (Å²) in [5.41, 5.74) is 3.98. The van der Waals surface area contributed by atoms with Gasteiger partial charge in [0.15, 0.2) is 0 Å². The average molecular weight is 932 g/mol. The van der Waals surface area contributed by atoms with Crippen LogP contribution >= 0.6 is 0 Å². The van der Waals surface area contributed by atoms with Gasteiger partial charge in [-0.05, 0) is 123 Å². The molecule has 0 N–H and O–H groups in total. The van der Waals surface area contributed by atoms with E-state index in [2.05, 4.69) is 43.5 Å². The highest BCUT2D eigenvalue weighted by Gasteiger charge is 2.28. The minimum absolute atomic E-state index is 0.0391. The van der Waals surface area contributed by atoms with Gasteiger partial charge < -0.3 is 14.2 Å². The zero-order valence-corrected chi connectivity index (χ0v) is 38.9. The molecule has 5 heteroatoms. The van der Waals surface area contributed by atoms with E-state index in [0.717, 1.165) is 33.2 Å². The van der Waals surface area contributed by atoms with Gasteiger partial charge in [-0.25, -0.2) is 4.98 Å². The first-order valence-electron chi connectivity index (χ1n) is 30.9. The Hall–Kier alpha value is -8.67. The Kier molecular flexibility index (Phi) is 6.83. The fourth-order valence-electron chi connectivity index (χ4n) is 10.5. The van der Waals surface area contributed by atoms with Crippen LogP contribution in [0, 0.1) is 13.7 Å². The van der Waals surface area contributed by atoms with Gasteiger partial charge in [-0.3, -0.25) is 4.57 Å². The molecule has 4 heterocycles. The Morgan fingerprint density at radius 3 is 2.04 bits per heavy atom. The summed E-state index contributed by atoms with van der Waals surface area (Å²) in [6, 6.07) is 40.2. The molecule has 3 aromatic heterocycles. The summed E-state index contributed by atoms with van der Waals surface area (Å²) in [5.74, 6) is 1.72. The summed E-state index contributed by atoms with van der Waals surface area (Å²) in [6.07, 6.45) is 1.83. The Bertz CT molecular complexity index is 4920. The molecule has 0 atom stereocenters. The Labute approximate surface area is 434 Å². The maximum atomic E-state index is 9.77. The van der Waals surface area contributed by atoms with Crippen LogP contribution < -0.4 is 9.64 Å². The number of para-hydroxylation sites is 2. The molecule has 0 saturated carbocycles. The molecule has 0 radical (unpaired) electrons. The van der Waals surface area contributed by atoms with E-state index >= 15 is 0 Å². The summed E-state index contributed by atoms with van der Waals surface area (Å²) in [5, 5.41) is 3.31. The first-order valence-corrected chi connectivity index (χ1v) is 23.4. The molecule has 342 valence electrons. The molecule has 0 spiro atoms. The van der Waals surface area contributed by atoms with E-state index in [1.54, 1.807) is 54.6 Å². The fraction of sp³-hybridized carbons (Fsp3) is 0.106. The summed E-state index contributed by atoms with van der Waals surface area (Å²) in [7, 11) is 0. The standard InChI is InChI=1S/C66H52N4O/c1-42-18-15-19-43(2)62(42)57-34-35-59-65-63(57)55-28-12-11-25-51(55)50-24-9-10-26-52(50)56-30-17-29-49(44-20-7-6-8-21-44)64(56)69(65)41-68(59)46-22-16-23-47(39-46)71-48-32-33-54-53-27-13-14-31-58(53)70(60(54)40-48)61-38-45(36-37-67-61)66(3,4)5/h6-40H,41H2,1-5H3/i1D3,2D3,6D,7D,8D,9D,10D,20D,21D,24D,26D. The maximum absolute atomic E-state index is 9.77. The van der Waals surface area contributed by atoms with Crippen molar-refractivity contribution in [2.45, 2.75) is 46.6 Å². The monoisotopic (exact) mass is 932 g/mol. The smallest absolute Gasteiger partial charge is 0.137 e. The first-order chi connectivity index (χ1) is 40.8. The van der Waals surface area contributed by atoms with Crippen LogP contribution in [0.5, 0.6) is 11.5 Å². The second-order valence-electron chi connectivity index (χ2n) is 18.9. The summed E-state index contributed by atoms with van der Waals surface area (Å²) in [4.78, 5) is 6.83. The van der Waals surface area contributed by atoms with Crippen LogP contribution in [0.1, 0.15) is 58.0 Å². The molecular formula is C66H52N4O. The highest BCUT2D eigenvalue weighted by molar-refractivity contribution is 6.25. The van der Waals surface area contributed by atoms with Crippen LogP contribution in [-0.4, -0.2) is 14.1 Å². The lowest BCUT2D eigenvalue weighted by atomic mass is 9.88. The van der Waals surface area contributed by atoms with Gasteiger partial charge in [0, 0.05) is 59.3 Å². The molecule has 0 amide bonds. The summed E-state index contributed by atoms with van der Waals surface area (Å²) < 4.78 is 147. The zero-order chi connectivity index (χ0) is 60.8. The molecule has 0 aliphatic carbocycles. The number of rotatable bonds is 6. The van der Waals surface area contributed by atoms with Crippen molar-refractivity contribution in [3.8, 4) is 39.6 Å². The number of aromatic nitrogens is 3. The van der Waals surface area contributed by atoms with Crippen LogP contribution in [0.3, 0.4) is 0 Å². The molecule has 1 aliphatic heterocycles. The van der Waals surface area contributed by atoms with E-state index in [-0.39, 0.29) is 67.1 Å². The second-order valence-corrected chi connectivity index (χ2v) is 18.9. The van der Waals surface area contributed by atoms with Crippen molar-refractivity contribution in [2.24, 2.45) is 0 Å². The molecule has 0 unspecified atom stereocenters. The Balaban J connectivity index is 1.14. The minimum atomic E-state index is -2.85. The van der Waals surface area contributed by atoms with Gasteiger partial charge >= 0.3 is 0 Å². The van der Waals surface area contributed by atoms with Gasteiger partial charge in [-0.2, -0.15) is 0 Å². The lowest BCUT2D eigenvalue weighted by Gasteiger charge is -2.21. The molecule has 1 aliphatic rings. The van der Waals surface area contributed by atoms with E-state index < -0.39 is 68.1 Å². The van der Waals surface area contributed by atoms with E-state index in [1.807, 2.05) is 76.3 Å². The number of aryl methyl sites for hydroxylation is 2. The van der Waals surface area contributed by atoms with Gasteiger partial charge in [0.2, 0.25) is 0 Å². The van der Waals surface area contributed by atoms with E-state index in [0.29, 0.717) is 44.5 Å². The zero-order valence-electron chi connectivity index (χ0n) is 53.9. The van der Waals surface area contributed by atoms with Gasteiger partial charge in [-0.15, -0.1) is 0 Å². The lowest BCUT2D eigenvalue weighted by Crippen LogP contribution is -2.14. The molecule has 13 rings (SSSR count). The average Bonchev–Trinajstić information content (AvgIpc) is 1.63. The molecule has 0 fully saturated rings. The third-order valence-electron chi connectivity index (χ3n) is 13.7. The number of fused-ring (bicyclic) bond motifs is 10. The number of nitrogens with zero attached hydrogens (tertiary/aromatic N) is 4. The predicted molar refractivity (Wildman–Crippen MR) is 298 cm³/mol. The molecular weight excluding hydrogens is 865 g/mol. The highest BCUT2D eigenvalue weighted by Crippen LogP contribution is 2.48. The third kappa shape index (κ3) is 6.94. The quantitative estimate of drug-likeness (QED) is 0.167. The predicted octanol–water partition coefficient (Wildman–Crippen LogP) is 17.9. The van der Waals surface area contributed by atoms with Crippen molar-refractivity contribution in [1.29, 1.82) is 0 Å². The Morgan fingerprint density at radius 2 is 1.24 bits per heavy atom. The lowest BCUT2D eigenvalue weighted by molar-refractivity contribution is 0.483. The van der Waals surface area contributed by atoms with Crippen LogP contribution in [0.4, 0.5) is 11.4 Å². The maximum Gasteiger partial charge on any atom is 0.137 e. The summed E-state index contributed by atoms with van der Waals surface area (Å²) in [6.45, 7) is 0.670. The van der Waals surface area contributed by atoms with Crippen molar-refractivity contribution >= 4 is 76.5 Å². The molecule has 71 heavy (non-hydrogen) atoms. The highest BCUT2D eigenvalue weighted by atomic mass is 16.5. The first kappa shape index (κ1) is 29.4. The fourth-order valence-corrected chi connectivity index (χ4v) is 10.5. The van der Waals surface area contributed by atoms with Gasteiger partial charge in [0.05, 0.1) is 40.1 Å². The van der Waals surface area contributed by atoms with E-state index in [1.165, 1.54) is 18.2 Å². The summed E-state index contributed by atoms with van der Waals surface area (Å²) >= 11 is 0. The van der Waals surface area contributed by atoms with Crippen molar-refractivity contribution < 1.29 is 25.3 Å². The number of ether oxygens (including phenoxy) is 1. The number of hydrogen-bond donors (Lipinski definition) is 0. The van der Waals surface area contributed by atoms with Gasteiger partial charge in [-0.1, -0.05) is 166 Å². The Morgan fingerprint density at radius 1 is 0.549 bits per heavy atom. The number of pyridine rings is 1. The number of benzene rings is 9. The van der Waals surface area contributed by atoms with Crippen LogP contribution in [0.25, 0.3) is 93.2 Å². The molecule has 0 saturated heterocycles. The van der Waals surface area contributed by atoms with Crippen LogP contribution in [0.15, 0.2) is 212 Å². The molecule has 5 nitrogen and oxygen atoms in total. The number of anilines is 2. The molecule has 0 bridgehead atoms.